The van der Waals surface area contributed by atoms with E-state index in [-0.39, 0.29) is 11.8 Å². The van der Waals surface area contributed by atoms with Gasteiger partial charge in [-0.2, -0.15) is 0 Å². The largest absolute Gasteiger partial charge is 0.374 e. The van der Waals surface area contributed by atoms with E-state index >= 15 is 0 Å². The van der Waals surface area contributed by atoms with Crippen molar-refractivity contribution < 1.29 is 9.59 Å². The third kappa shape index (κ3) is 7.08. The van der Waals surface area contributed by atoms with E-state index < -0.39 is 11.6 Å². The lowest BCUT2D eigenvalue weighted by molar-refractivity contribution is -0.118. The summed E-state index contributed by atoms with van der Waals surface area (Å²) >= 11 is 7.55. The predicted octanol–water partition coefficient (Wildman–Crippen LogP) is 6.47. The number of aryl methyl sites for hydroxylation is 2. The average molecular weight is 540 g/mol. The highest BCUT2D eigenvalue weighted by Crippen LogP contribution is 2.33. The minimum absolute atomic E-state index is 0.200. The molecule has 1 atom stereocenters. The monoisotopic (exact) mass is 539 g/mol. The van der Waals surface area contributed by atoms with Crippen molar-refractivity contribution in [3.63, 3.8) is 0 Å². The molecule has 1 aliphatic rings. The second-order valence-corrected chi connectivity index (χ2v) is 11.8. The Balaban J connectivity index is 1.47. The second-order valence-electron chi connectivity index (χ2n) is 10.3. The normalized spacial score (nSPS) is 14.8. The Hall–Kier alpha value is -2.97. The highest BCUT2D eigenvalue weighted by atomic mass is 35.5. The summed E-state index contributed by atoms with van der Waals surface area (Å²) in [5.41, 5.74) is 2.73. The van der Waals surface area contributed by atoms with E-state index in [1.165, 1.54) is 24.2 Å². The van der Waals surface area contributed by atoms with E-state index in [1.807, 2.05) is 52.0 Å². The SMILES string of the molecule is Cc1cc(NC(=O)[C@H](CC2CCCC2)NC(=O)c2ccc(C(C)(C)Nc3cc(Cl)cnc3C)s2)ccn1. The lowest BCUT2D eigenvalue weighted by Gasteiger charge is -2.27. The number of rotatable bonds is 9. The average Bonchev–Trinajstić information content (AvgIpc) is 3.54. The number of anilines is 2. The number of amides is 2. The Morgan fingerprint density at radius 1 is 1.14 bits per heavy atom. The first-order valence-corrected chi connectivity index (χ1v) is 13.8. The van der Waals surface area contributed by atoms with Crippen molar-refractivity contribution in [3.8, 4) is 0 Å². The van der Waals surface area contributed by atoms with Gasteiger partial charge in [0.2, 0.25) is 5.91 Å². The van der Waals surface area contributed by atoms with Crippen LogP contribution in [0.15, 0.2) is 42.7 Å². The zero-order valence-corrected chi connectivity index (χ0v) is 23.3. The van der Waals surface area contributed by atoms with E-state index in [1.54, 1.807) is 18.5 Å². The van der Waals surface area contributed by atoms with Gasteiger partial charge in [-0.05, 0) is 70.4 Å². The van der Waals surface area contributed by atoms with Gasteiger partial charge in [0.25, 0.3) is 5.91 Å². The van der Waals surface area contributed by atoms with Gasteiger partial charge in [0.05, 0.1) is 26.8 Å². The molecule has 0 aliphatic heterocycles. The van der Waals surface area contributed by atoms with Crippen LogP contribution in [0.4, 0.5) is 11.4 Å². The highest BCUT2D eigenvalue weighted by Gasteiger charge is 2.29. The van der Waals surface area contributed by atoms with Crippen molar-refractivity contribution in [1.82, 2.24) is 15.3 Å². The fourth-order valence-electron chi connectivity index (χ4n) is 4.72. The molecular formula is C28H34ClN5O2S. The molecule has 0 aromatic carbocycles. The Morgan fingerprint density at radius 3 is 2.62 bits per heavy atom. The van der Waals surface area contributed by atoms with E-state index in [4.69, 9.17) is 11.6 Å². The number of aromatic nitrogens is 2. The minimum Gasteiger partial charge on any atom is -0.374 e. The molecule has 0 unspecified atom stereocenters. The summed E-state index contributed by atoms with van der Waals surface area (Å²) in [6.45, 7) is 7.90. The number of carbonyl (C=O) groups excluding carboxylic acids is 2. The molecule has 3 aromatic heterocycles. The number of hydrogen-bond acceptors (Lipinski definition) is 6. The van der Waals surface area contributed by atoms with Crippen LogP contribution >= 0.6 is 22.9 Å². The maximum absolute atomic E-state index is 13.3. The van der Waals surface area contributed by atoms with E-state index in [0.29, 0.717) is 27.9 Å². The number of halogens is 1. The standard InChI is InChI=1S/C28H34ClN5O2S/c1-17-13-21(11-12-30-17)32-26(35)23(14-19-7-5-6-8-19)33-27(36)24-9-10-25(37-24)28(3,4)34-22-15-20(29)16-31-18(22)2/h9-13,15-16,19,23,34H,5-8,14H2,1-4H3,(H,33,36)(H,30,32,35)/t23-/m0/s1. The van der Waals surface area contributed by atoms with Crippen LogP contribution in [0.25, 0.3) is 0 Å². The predicted molar refractivity (Wildman–Crippen MR) is 150 cm³/mol. The van der Waals surface area contributed by atoms with Crippen LogP contribution in [0.5, 0.6) is 0 Å². The number of nitrogens with one attached hydrogen (secondary N) is 3. The number of pyridine rings is 2. The zero-order valence-electron chi connectivity index (χ0n) is 21.7. The Kier molecular flexibility index (Phi) is 8.49. The topological polar surface area (TPSA) is 96.0 Å². The van der Waals surface area contributed by atoms with Crippen LogP contribution in [-0.2, 0) is 10.3 Å². The molecule has 3 aromatic rings. The van der Waals surface area contributed by atoms with Crippen molar-refractivity contribution >= 4 is 46.1 Å². The van der Waals surface area contributed by atoms with Crippen LogP contribution in [-0.4, -0.2) is 27.8 Å². The molecule has 3 heterocycles. The molecule has 196 valence electrons. The summed E-state index contributed by atoms with van der Waals surface area (Å²) in [6.07, 6.45) is 8.45. The molecule has 9 heteroatoms. The summed E-state index contributed by atoms with van der Waals surface area (Å²) in [7, 11) is 0. The first-order valence-electron chi connectivity index (χ1n) is 12.7. The third-order valence-corrected chi connectivity index (χ3v) is 8.39. The number of thiophene rings is 1. The quantitative estimate of drug-likeness (QED) is 0.289. The zero-order chi connectivity index (χ0) is 26.6. The lowest BCUT2D eigenvalue weighted by Crippen LogP contribution is -2.44. The van der Waals surface area contributed by atoms with Gasteiger partial charge in [-0.25, -0.2) is 0 Å². The molecule has 7 nitrogen and oxygen atoms in total. The summed E-state index contributed by atoms with van der Waals surface area (Å²) in [6, 6.07) is 8.59. The van der Waals surface area contributed by atoms with Gasteiger partial charge in [0.15, 0.2) is 0 Å². The Labute approximate surface area is 227 Å². The van der Waals surface area contributed by atoms with Crippen molar-refractivity contribution in [2.75, 3.05) is 10.6 Å². The molecule has 37 heavy (non-hydrogen) atoms. The smallest absolute Gasteiger partial charge is 0.262 e. The summed E-state index contributed by atoms with van der Waals surface area (Å²) in [4.78, 5) is 36.6. The molecule has 2 amide bonds. The third-order valence-electron chi connectivity index (χ3n) is 6.78. The van der Waals surface area contributed by atoms with Gasteiger partial charge in [0, 0.05) is 28.7 Å². The summed E-state index contributed by atoms with van der Waals surface area (Å²) < 4.78 is 0. The summed E-state index contributed by atoms with van der Waals surface area (Å²) in [5.74, 6) is -0.00271. The Bertz CT molecular complexity index is 1270. The van der Waals surface area contributed by atoms with Crippen LogP contribution in [0.2, 0.25) is 5.02 Å². The first-order chi connectivity index (χ1) is 17.6. The van der Waals surface area contributed by atoms with Crippen LogP contribution in [0, 0.1) is 19.8 Å². The molecule has 1 aliphatic carbocycles. The van der Waals surface area contributed by atoms with Gasteiger partial charge >= 0.3 is 0 Å². The minimum atomic E-state index is -0.610. The fourth-order valence-corrected chi connectivity index (χ4v) is 5.85. The Morgan fingerprint density at radius 2 is 1.89 bits per heavy atom. The van der Waals surface area contributed by atoms with E-state index in [0.717, 1.165) is 34.8 Å². The van der Waals surface area contributed by atoms with Crippen molar-refractivity contribution in [2.24, 2.45) is 5.92 Å². The van der Waals surface area contributed by atoms with Crippen LogP contribution < -0.4 is 16.0 Å². The molecule has 4 rings (SSSR count). The van der Waals surface area contributed by atoms with Crippen LogP contribution in [0.1, 0.15) is 71.9 Å². The molecule has 1 saturated carbocycles. The fraction of sp³-hybridized carbons (Fsp3) is 0.429. The van der Waals surface area contributed by atoms with Gasteiger partial charge in [-0.1, -0.05) is 37.3 Å². The second kappa shape index (κ2) is 11.6. The van der Waals surface area contributed by atoms with Crippen LogP contribution in [0.3, 0.4) is 0 Å². The maximum atomic E-state index is 13.3. The molecule has 1 fully saturated rings. The van der Waals surface area contributed by atoms with Gasteiger partial charge in [-0.15, -0.1) is 11.3 Å². The van der Waals surface area contributed by atoms with E-state index in [9.17, 15) is 9.59 Å². The molecular weight excluding hydrogens is 506 g/mol. The molecule has 0 bridgehead atoms. The molecule has 0 radical (unpaired) electrons. The number of nitrogens with zero attached hydrogens (tertiary/aromatic N) is 2. The maximum Gasteiger partial charge on any atom is 0.262 e. The van der Waals surface area contributed by atoms with Gasteiger partial charge < -0.3 is 16.0 Å². The molecule has 3 N–H and O–H groups in total. The lowest BCUT2D eigenvalue weighted by atomic mass is 9.97. The van der Waals surface area contributed by atoms with Crippen molar-refractivity contribution in [2.45, 2.75) is 71.4 Å². The summed E-state index contributed by atoms with van der Waals surface area (Å²) in [5, 5.41) is 10.0. The number of hydrogen-bond donors (Lipinski definition) is 3. The van der Waals surface area contributed by atoms with Gasteiger partial charge in [-0.3, -0.25) is 19.6 Å². The van der Waals surface area contributed by atoms with Gasteiger partial charge in [0.1, 0.15) is 6.04 Å². The highest BCUT2D eigenvalue weighted by molar-refractivity contribution is 7.14. The number of carbonyl (C=O) groups is 2. The first kappa shape index (κ1) is 27.1. The molecule has 0 saturated heterocycles. The van der Waals surface area contributed by atoms with Crippen molar-refractivity contribution in [3.05, 3.63) is 68.9 Å². The molecule has 0 spiro atoms. The van der Waals surface area contributed by atoms with Crippen molar-refractivity contribution in [1.29, 1.82) is 0 Å². The van der Waals surface area contributed by atoms with E-state index in [2.05, 4.69) is 25.9 Å².